The molecule has 0 aromatic heterocycles. The van der Waals surface area contributed by atoms with Crippen molar-refractivity contribution in [3.05, 3.63) is 119 Å². The summed E-state index contributed by atoms with van der Waals surface area (Å²) in [5, 5.41) is 0. The van der Waals surface area contributed by atoms with Crippen molar-refractivity contribution in [1.82, 2.24) is 0 Å². The number of hydrogen-bond acceptors (Lipinski definition) is 4. The summed E-state index contributed by atoms with van der Waals surface area (Å²) in [6.45, 7) is 12.9. The molecule has 316 valence electrons. The van der Waals surface area contributed by atoms with Gasteiger partial charge in [0.2, 0.25) is 0 Å². The molecule has 3 unspecified atom stereocenters. The second-order valence-corrected chi connectivity index (χ2v) is 17.4. The molecule has 4 aromatic carbocycles. The van der Waals surface area contributed by atoms with Gasteiger partial charge in [-0.1, -0.05) is 162 Å². The van der Waals surface area contributed by atoms with Crippen LogP contribution >= 0.6 is 0 Å². The smallest absolute Gasteiger partial charge is 0.109 e. The van der Waals surface area contributed by atoms with E-state index < -0.39 is 0 Å². The van der Waals surface area contributed by atoms with E-state index in [1.165, 1.54) is 128 Å². The van der Waals surface area contributed by atoms with Gasteiger partial charge in [0, 0.05) is 14.2 Å². The average molecular weight is 789 g/mol. The number of methoxy groups -OCH3 is 2. The molecule has 2 fully saturated rings. The Morgan fingerprint density at radius 1 is 0.431 bits per heavy atom. The molecule has 4 aromatic rings. The Bertz CT molecular complexity index is 1660. The molecule has 0 heterocycles. The van der Waals surface area contributed by atoms with Crippen LogP contribution in [-0.2, 0) is 18.9 Å². The average Bonchev–Trinajstić information content (AvgIpc) is 3.55. The first kappa shape index (κ1) is 45.8. The lowest BCUT2D eigenvalue weighted by atomic mass is 9.88. The van der Waals surface area contributed by atoms with E-state index in [4.69, 9.17) is 18.9 Å². The normalized spacial score (nSPS) is 18.5. The third-order valence-corrected chi connectivity index (χ3v) is 13.0. The van der Waals surface area contributed by atoms with Gasteiger partial charge in [0.25, 0.3) is 0 Å². The number of fused-ring (bicyclic) bond motifs is 6. The van der Waals surface area contributed by atoms with E-state index in [0.29, 0.717) is 12.2 Å². The summed E-state index contributed by atoms with van der Waals surface area (Å²) in [6.07, 6.45) is 21.1. The van der Waals surface area contributed by atoms with Crippen LogP contribution in [-0.4, -0.2) is 38.6 Å². The molecule has 3 atom stereocenters. The zero-order valence-electron chi connectivity index (χ0n) is 37.4. The van der Waals surface area contributed by atoms with E-state index in [1.54, 1.807) is 0 Å². The predicted molar refractivity (Wildman–Crippen MR) is 244 cm³/mol. The highest BCUT2D eigenvalue weighted by atomic mass is 16.5. The van der Waals surface area contributed by atoms with Crippen LogP contribution in [0.5, 0.6) is 0 Å². The standard InChI is InChI=1S/C17H18O.C16H16O.C11H22O.C10H20O/c1-3-12(2)18-17-15-10-6-4-8-13(15)14-9-5-7-11-16(14)17;1-11(2)17-16-14-9-5-3-7-12(14)13-8-4-6-10-15(13)16;1-10(12-2)11-8-6-4-3-5-7-9-11;1-9(11-2)10-7-5-3-4-6-8-10/h4-12,17H,3H2,1-2H3;3-11,16H,1-2H3;10-11H,3-9H2,1-2H3;9-10H,3-8H2,1-2H3. The zero-order chi connectivity index (χ0) is 41.3. The zero-order valence-corrected chi connectivity index (χ0v) is 37.4. The van der Waals surface area contributed by atoms with Gasteiger partial charge in [-0.25, -0.2) is 0 Å². The molecule has 0 N–H and O–H groups in total. The molecule has 0 spiro atoms. The Morgan fingerprint density at radius 2 is 0.724 bits per heavy atom. The fourth-order valence-electron chi connectivity index (χ4n) is 9.24. The van der Waals surface area contributed by atoms with Crippen LogP contribution in [0.1, 0.15) is 166 Å². The molecular formula is C54H76O4. The number of rotatable bonds is 9. The highest BCUT2D eigenvalue weighted by Crippen LogP contribution is 2.46. The van der Waals surface area contributed by atoms with Crippen LogP contribution in [0.15, 0.2) is 97.1 Å². The first-order valence-electron chi connectivity index (χ1n) is 23.0. The molecule has 0 saturated heterocycles. The molecule has 0 radical (unpaired) electrons. The maximum atomic E-state index is 6.21. The van der Waals surface area contributed by atoms with Gasteiger partial charge < -0.3 is 18.9 Å². The van der Waals surface area contributed by atoms with Gasteiger partial charge in [0.1, 0.15) is 12.2 Å². The SMILES string of the molecule is CC(C)OC1c2ccccc2-c2ccccc21.CCC(C)OC1c2ccccc2-c2ccccc21.COC(C)C1CCCCCC1.COC(C)C1CCCCCCC1. The van der Waals surface area contributed by atoms with Crippen LogP contribution in [0.3, 0.4) is 0 Å². The van der Waals surface area contributed by atoms with Gasteiger partial charge in [0.05, 0.1) is 24.4 Å². The monoisotopic (exact) mass is 789 g/mol. The number of benzene rings is 4. The molecule has 0 aliphatic heterocycles. The number of ether oxygens (including phenoxy) is 4. The molecule has 4 aliphatic rings. The minimum Gasteiger partial charge on any atom is -0.381 e. The van der Waals surface area contributed by atoms with Crippen LogP contribution in [0.25, 0.3) is 22.3 Å². The van der Waals surface area contributed by atoms with Crippen LogP contribution in [0, 0.1) is 11.8 Å². The summed E-state index contributed by atoms with van der Waals surface area (Å²) in [5.74, 6) is 1.66. The van der Waals surface area contributed by atoms with E-state index in [2.05, 4.69) is 139 Å². The molecule has 58 heavy (non-hydrogen) atoms. The Balaban J connectivity index is 0.000000151. The molecule has 2 saturated carbocycles. The Hall–Kier alpha value is -3.28. The molecule has 4 nitrogen and oxygen atoms in total. The van der Waals surface area contributed by atoms with E-state index in [-0.39, 0.29) is 24.4 Å². The Labute approximate surface area is 353 Å². The van der Waals surface area contributed by atoms with Crippen LogP contribution in [0.4, 0.5) is 0 Å². The van der Waals surface area contributed by atoms with Gasteiger partial charge >= 0.3 is 0 Å². The van der Waals surface area contributed by atoms with Crippen molar-refractivity contribution in [2.24, 2.45) is 11.8 Å². The lowest BCUT2D eigenvalue weighted by Gasteiger charge is -2.24. The lowest BCUT2D eigenvalue weighted by molar-refractivity contribution is 0.0197. The Kier molecular flexibility index (Phi) is 19.0. The second kappa shape index (κ2) is 24.1. The first-order chi connectivity index (χ1) is 28.3. The first-order valence-corrected chi connectivity index (χ1v) is 23.0. The molecule has 8 rings (SSSR count). The van der Waals surface area contributed by atoms with Gasteiger partial charge in [-0.3, -0.25) is 0 Å². The van der Waals surface area contributed by atoms with Crippen molar-refractivity contribution in [3.63, 3.8) is 0 Å². The predicted octanol–water partition coefficient (Wildman–Crippen LogP) is 15.1. The van der Waals surface area contributed by atoms with E-state index in [0.717, 1.165) is 18.3 Å². The molecule has 4 heteroatoms. The largest absolute Gasteiger partial charge is 0.381 e. The third kappa shape index (κ3) is 12.6. The van der Waals surface area contributed by atoms with Gasteiger partial charge in [0.15, 0.2) is 0 Å². The summed E-state index contributed by atoms with van der Waals surface area (Å²) in [7, 11) is 3.67. The fourth-order valence-corrected chi connectivity index (χ4v) is 9.24. The van der Waals surface area contributed by atoms with Gasteiger partial charge in [-0.15, -0.1) is 0 Å². The molecule has 0 bridgehead atoms. The van der Waals surface area contributed by atoms with Crippen molar-refractivity contribution < 1.29 is 18.9 Å². The summed E-state index contributed by atoms with van der Waals surface area (Å²) in [4.78, 5) is 0. The van der Waals surface area contributed by atoms with Crippen molar-refractivity contribution in [2.45, 2.75) is 168 Å². The van der Waals surface area contributed by atoms with Crippen molar-refractivity contribution >= 4 is 0 Å². The summed E-state index contributed by atoms with van der Waals surface area (Å²) in [6, 6.07) is 34.2. The van der Waals surface area contributed by atoms with Crippen molar-refractivity contribution in [2.75, 3.05) is 14.2 Å². The highest BCUT2D eigenvalue weighted by molar-refractivity contribution is 5.79. The van der Waals surface area contributed by atoms with Crippen molar-refractivity contribution in [3.8, 4) is 22.3 Å². The molecular weight excluding hydrogens is 713 g/mol. The molecule has 4 aliphatic carbocycles. The van der Waals surface area contributed by atoms with Crippen molar-refractivity contribution in [1.29, 1.82) is 0 Å². The summed E-state index contributed by atoms with van der Waals surface area (Å²) < 4.78 is 23.0. The highest BCUT2D eigenvalue weighted by Gasteiger charge is 2.30. The maximum Gasteiger partial charge on any atom is 0.109 e. The summed E-state index contributed by atoms with van der Waals surface area (Å²) >= 11 is 0. The minimum atomic E-state index is 0.0994. The van der Waals surface area contributed by atoms with Gasteiger partial charge in [-0.2, -0.15) is 0 Å². The lowest BCUT2D eigenvalue weighted by Crippen LogP contribution is -2.20. The minimum absolute atomic E-state index is 0.0994. The maximum absolute atomic E-state index is 6.21. The van der Waals surface area contributed by atoms with Crippen LogP contribution in [0.2, 0.25) is 0 Å². The van der Waals surface area contributed by atoms with E-state index >= 15 is 0 Å². The number of hydrogen-bond donors (Lipinski definition) is 0. The van der Waals surface area contributed by atoms with E-state index in [1.807, 2.05) is 14.2 Å². The third-order valence-electron chi connectivity index (χ3n) is 13.0. The second-order valence-electron chi connectivity index (χ2n) is 17.4. The topological polar surface area (TPSA) is 36.9 Å². The molecule has 0 amide bonds. The van der Waals surface area contributed by atoms with Crippen LogP contribution < -0.4 is 0 Å². The van der Waals surface area contributed by atoms with Gasteiger partial charge in [-0.05, 0) is 123 Å². The summed E-state index contributed by atoms with van der Waals surface area (Å²) in [5.41, 5.74) is 10.5. The quantitative estimate of drug-likeness (QED) is 0.158. The Morgan fingerprint density at radius 3 is 1.02 bits per heavy atom. The fraction of sp³-hybridized carbons (Fsp3) is 0.556. The van der Waals surface area contributed by atoms with E-state index in [9.17, 15) is 0 Å².